The maximum Gasteiger partial charge on any atom is 0.129 e. The average molecular weight is 221 g/mol. The molecule has 0 aliphatic carbocycles. The second-order valence-corrected chi connectivity index (χ2v) is 4.74. The third kappa shape index (κ3) is 2.18. The van der Waals surface area contributed by atoms with Crippen molar-refractivity contribution in [2.45, 2.75) is 25.9 Å². The molecule has 4 nitrogen and oxygen atoms in total. The molecule has 0 spiro atoms. The van der Waals surface area contributed by atoms with Crippen LogP contribution < -0.4 is 10.6 Å². The van der Waals surface area contributed by atoms with Crippen molar-refractivity contribution in [2.75, 3.05) is 24.7 Å². The average Bonchev–Trinajstić information content (AvgIpc) is 2.28. The highest BCUT2D eigenvalue weighted by Crippen LogP contribution is 2.25. The number of pyridine rings is 1. The molecular formula is C12H19N3O. The van der Waals surface area contributed by atoms with Crippen molar-refractivity contribution in [1.29, 1.82) is 0 Å². The second-order valence-electron chi connectivity index (χ2n) is 4.74. The van der Waals surface area contributed by atoms with E-state index in [-0.39, 0.29) is 5.54 Å². The van der Waals surface area contributed by atoms with Gasteiger partial charge in [0.2, 0.25) is 0 Å². The van der Waals surface area contributed by atoms with Crippen molar-refractivity contribution >= 4 is 5.82 Å². The minimum absolute atomic E-state index is 0.00152. The van der Waals surface area contributed by atoms with Crippen molar-refractivity contribution in [2.24, 2.45) is 5.73 Å². The van der Waals surface area contributed by atoms with Crippen LogP contribution >= 0.6 is 0 Å². The molecule has 0 amide bonds. The van der Waals surface area contributed by atoms with Gasteiger partial charge in [0.05, 0.1) is 18.8 Å². The highest BCUT2D eigenvalue weighted by Gasteiger charge is 2.31. The first-order valence-corrected chi connectivity index (χ1v) is 5.64. The molecule has 16 heavy (non-hydrogen) atoms. The number of hydrogen-bond acceptors (Lipinski definition) is 4. The van der Waals surface area contributed by atoms with Crippen LogP contribution in [0.15, 0.2) is 18.3 Å². The molecule has 2 heterocycles. The normalized spacial score (nSPS) is 19.8. The maximum atomic E-state index is 5.64. The summed E-state index contributed by atoms with van der Waals surface area (Å²) in [6, 6.07) is 4.02. The first-order chi connectivity index (χ1) is 7.63. The fourth-order valence-electron chi connectivity index (χ4n) is 2.02. The van der Waals surface area contributed by atoms with Crippen molar-refractivity contribution in [3.05, 3.63) is 23.9 Å². The zero-order chi connectivity index (χ0) is 11.6. The Hall–Kier alpha value is -1.13. The largest absolute Gasteiger partial charge is 0.377 e. The van der Waals surface area contributed by atoms with Crippen LogP contribution in [0.25, 0.3) is 0 Å². The van der Waals surface area contributed by atoms with Gasteiger partial charge in [0.15, 0.2) is 0 Å². The monoisotopic (exact) mass is 221 g/mol. The number of nitrogens with two attached hydrogens (primary N) is 1. The van der Waals surface area contributed by atoms with Gasteiger partial charge < -0.3 is 15.4 Å². The molecule has 1 aliphatic heterocycles. The number of ether oxygens (including phenoxy) is 1. The zero-order valence-electron chi connectivity index (χ0n) is 9.94. The lowest BCUT2D eigenvalue weighted by Gasteiger charge is -2.43. The molecule has 0 radical (unpaired) electrons. The number of morpholine rings is 1. The number of rotatable bonds is 2. The third-order valence-corrected chi connectivity index (χ3v) is 2.97. The minimum atomic E-state index is -0.00152. The van der Waals surface area contributed by atoms with Gasteiger partial charge in [0.1, 0.15) is 5.82 Å². The topological polar surface area (TPSA) is 51.4 Å². The summed E-state index contributed by atoms with van der Waals surface area (Å²) in [5.41, 5.74) is 6.76. The van der Waals surface area contributed by atoms with Gasteiger partial charge in [-0.25, -0.2) is 4.98 Å². The molecule has 0 saturated carbocycles. The fourth-order valence-corrected chi connectivity index (χ4v) is 2.02. The second kappa shape index (κ2) is 4.39. The van der Waals surface area contributed by atoms with E-state index < -0.39 is 0 Å². The number of hydrogen-bond donors (Lipinski definition) is 1. The molecule has 2 rings (SSSR count). The number of nitrogens with zero attached hydrogens (tertiary/aromatic N) is 2. The highest BCUT2D eigenvalue weighted by atomic mass is 16.5. The van der Waals surface area contributed by atoms with E-state index in [0.717, 1.165) is 31.1 Å². The van der Waals surface area contributed by atoms with Crippen LogP contribution in [0.5, 0.6) is 0 Å². The maximum absolute atomic E-state index is 5.64. The van der Waals surface area contributed by atoms with Crippen molar-refractivity contribution in [3.63, 3.8) is 0 Å². The summed E-state index contributed by atoms with van der Waals surface area (Å²) in [7, 11) is 0. The first kappa shape index (κ1) is 11.4. The standard InChI is InChI=1S/C12H19N3O/c1-12(2)9-16-6-5-15(12)11-7-10(8-13)3-4-14-11/h3-4,7H,5-6,8-9,13H2,1-2H3. The van der Waals surface area contributed by atoms with Crippen LogP contribution in [-0.2, 0) is 11.3 Å². The van der Waals surface area contributed by atoms with Crippen LogP contribution in [0, 0.1) is 0 Å². The summed E-state index contributed by atoms with van der Waals surface area (Å²) in [6.07, 6.45) is 1.82. The molecule has 0 atom stereocenters. The molecular weight excluding hydrogens is 202 g/mol. The van der Waals surface area contributed by atoms with E-state index in [0.29, 0.717) is 6.54 Å². The van der Waals surface area contributed by atoms with E-state index in [1.165, 1.54) is 0 Å². The molecule has 2 N–H and O–H groups in total. The molecule has 1 fully saturated rings. The van der Waals surface area contributed by atoms with E-state index in [2.05, 4.69) is 29.8 Å². The Morgan fingerprint density at radius 1 is 1.56 bits per heavy atom. The predicted octanol–water partition coefficient (Wildman–Crippen LogP) is 1.16. The van der Waals surface area contributed by atoms with Gasteiger partial charge in [-0.2, -0.15) is 0 Å². The van der Waals surface area contributed by atoms with Crippen LogP contribution in [0.2, 0.25) is 0 Å². The first-order valence-electron chi connectivity index (χ1n) is 5.64. The highest BCUT2D eigenvalue weighted by molar-refractivity contribution is 5.44. The Balaban J connectivity index is 2.27. The molecule has 1 saturated heterocycles. The van der Waals surface area contributed by atoms with Crippen LogP contribution in [-0.4, -0.2) is 30.3 Å². The lowest BCUT2D eigenvalue weighted by atomic mass is 10.0. The Morgan fingerprint density at radius 2 is 2.38 bits per heavy atom. The van der Waals surface area contributed by atoms with E-state index in [1.807, 2.05) is 12.3 Å². The summed E-state index contributed by atoms with van der Waals surface area (Å²) < 4.78 is 5.50. The molecule has 1 aromatic rings. The third-order valence-electron chi connectivity index (χ3n) is 2.97. The smallest absolute Gasteiger partial charge is 0.129 e. The van der Waals surface area contributed by atoms with Crippen molar-refractivity contribution in [3.8, 4) is 0 Å². The van der Waals surface area contributed by atoms with E-state index in [4.69, 9.17) is 10.5 Å². The number of aromatic nitrogens is 1. The molecule has 1 aromatic heterocycles. The molecule has 0 aromatic carbocycles. The van der Waals surface area contributed by atoms with Crippen LogP contribution in [0.3, 0.4) is 0 Å². The van der Waals surface area contributed by atoms with Crippen LogP contribution in [0.1, 0.15) is 19.4 Å². The van der Waals surface area contributed by atoms with Gasteiger partial charge >= 0.3 is 0 Å². The predicted molar refractivity (Wildman–Crippen MR) is 64.4 cm³/mol. The minimum Gasteiger partial charge on any atom is -0.377 e. The zero-order valence-corrected chi connectivity index (χ0v) is 9.94. The van der Waals surface area contributed by atoms with Gasteiger partial charge in [-0.15, -0.1) is 0 Å². The van der Waals surface area contributed by atoms with Gasteiger partial charge in [0, 0.05) is 19.3 Å². The van der Waals surface area contributed by atoms with Crippen LogP contribution in [0.4, 0.5) is 5.82 Å². The van der Waals surface area contributed by atoms with Gasteiger partial charge in [-0.05, 0) is 31.5 Å². The van der Waals surface area contributed by atoms with E-state index in [1.54, 1.807) is 0 Å². The summed E-state index contributed by atoms with van der Waals surface area (Å²) in [4.78, 5) is 6.71. The summed E-state index contributed by atoms with van der Waals surface area (Å²) in [5.74, 6) is 0.997. The Bertz CT molecular complexity index is 365. The summed E-state index contributed by atoms with van der Waals surface area (Å²) in [6.45, 7) is 7.28. The number of anilines is 1. The van der Waals surface area contributed by atoms with Gasteiger partial charge in [0.25, 0.3) is 0 Å². The molecule has 0 bridgehead atoms. The van der Waals surface area contributed by atoms with Crippen molar-refractivity contribution in [1.82, 2.24) is 4.98 Å². The van der Waals surface area contributed by atoms with E-state index in [9.17, 15) is 0 Å². The lowest BCUT2D eigenvalue weighted by molar-refractivity contribution is 0.0639. The molecule has 88 valence electrons. The van der Waals surface area contributed by atoms with Gasteiger partial charge in [-0.3, -0.25) is 0 Å². The summed E-state index contributed by atoms with van der Waals surface area (Å²) in [5, 5.41) is 0. The van der Waals surface area contributed by atoms with Gasteiger partial charge in [-0.1, -0.05) is 0 Å². The van der Waals surface area contributed by atoms with Crippen molar-refractivity contribution < 1.29 is 4.74 Å². The van der Waals surface area contributed by atoms with E-state index >= 15 is 0 Å². The Labute approximate surface area is 96.4 Å². The molecule has 0 unspecified atom stereocenters. The Morgan fingerprint density at radius 3 is 3.06 bits per heavy atom. The molecule has 4 heteroatoms. The lowest BCUT2D eigenvalue weighted by Crippen LogP contribution is -2.53. The SMILES string of the molecule is CC1(C)COCCN1c1cc(CN)ccn1. The molecule has 1 aliphatic rings. The Kier molecular flexibility index (Phi) is 3.12. The summed E-state index contributed by atoms with van der Waals surface area (Å²) >= 11 is 0. The quantitative estimate of drug-likeness (QED) is 0.814. The fraction of sp³-hybridized carbons (Fsp3) is 0.583.